The van der Waals surface area contributed by atoms with Crippen LogP contribution in [0, 0.1) is 11.6 Å². The summed E-state index contributed by atoms with van der Waals surface area (Å²) in [5, 5.41) is 4.03. The van der Waals surface area contributed by atoms with E-state index >= 15 is 0 Å². The smallest absolute Gasteiger partial charge is 0.158 e. The Labute approximate surface area is 70.6 Å². The molecule has 0 radical (unpaired) electrons. The minimum Gasteiger partial charge on any atom is -0.760 e. The molecule has 0 amide bonds. The standard InChI is InChI=1S/C6H4F2.H3NO2S/c7-5-3-1-2-4-6(5)8;1-4(2)3/h1-4H;1H2,(H,2,3)/p-1. The van der Waals surface area contributed by atoms with E-state index in [2.05, 4.69) is 5.14 Å². The summed E-state index contributed by atoms with van der Waals surface area (Å²) in [4.78, 5) is 0. The van der Waals surface area contributed by atoms with Gasteiger partial charge in [0, 0.05) is 11.3 Å². The van der Waals surface area contributed by atoms with E-state index < -0.39 is 22.9 Å². The van der Waals surface area contributed by atoms with Crippen LogP contribution in [0.2, 0.25) is 0 Å². The zero-order valence-electron chi connectivity index (χ0n) is 5.87. The maximum Gasteiger partial charge on any atom is 0.158 e. The minimum atomic E-state index is -2.36. The second-order valence-electron chi connectivity index (χ2n) is 1.67. The molecule has 1 unspecified atom stereocenters. The molecule has 0 saturated carbocycles. The van der Waals surface area contributed by atoms with Gasteiger partial charge in [0.15, 0.2) is 11.6 Å². The molecule has 1 rings (SSSR count). The molecule has 1 atom stereocenters. The zero-order chi connectivity index (χ0) is 9.56. The lowest BCUT2D eigenvalue weighted by molar-refractivity contribution is 0.508. The van der Waals surface area contributed by atoms with Crippen LogP contribution in [0.1, 0.15) is 0 Å². The van der Waals surface area contributed by atoms with Crippen molar-refractivity contribution in [2.24, 2.45) is 5.14 Å². The van der Waals surface area contributed by atoms with Gasteiger partial charge in [-0.3, -0.25) is 9.35 Å². The third kappa shape index (κ3) is 5.90. The van der Waals surface area contributed by atoms with Crippen LogP contribution in [-0.4, -0.2) is 8.76 Å². The van der Waals surface area contributed by atoms with E-state index in [0.717, 1.165) is 12.1 Å². The average molecular weight is 194 g/mol. The molecule has 0 aliphatic carbocycles. The molecule has 0 bridgehead atoms. The van der Waals surface area contributed by atoms with Crippen LogP contribution in [0.3, 0.4) is 0 Å². The van der Waals surface area contributed by atoms with E-state index in [-0.39, 0.29) is 0 Å². The number of nitrogens with two attached hydrogens (primary N) is 1. The number of hydrogen-bond donors (Lipinski definition) is 1. The molecule has 1 aromatic carbocycles. The monoisotopic (exact) mass is 194 g/mol. The predicted molar refractivity (Wildman–Crippen MR) is 39.5 cm³/mol. The number of halogens is 2. The summed E-state index contributed by atoms with van der Waals surface area (Å²) < 4.78 is 41.4. The Kier molecular flexibility index (Phi) is 5.35. The lowest BCUT2D eigenvalue weighted by Crippen LogP contribution is -1.97. The van der Waals surface area contributed by atoms with E-state index in [1.165, 1.54) is 12.1 Å². The van der Waals surface area contributed by atoms with Crippen molar-refractivity contribution in [3.8, 4) is 0 Å². The first-order valence-corrected chi connectivity index (χ1v) is 3.91. The fourth-order valence-corrected chi connectivity index (χ4v) is 0.439. The first kappa shape index (κ1) is 11.2. The lowest BCUT2D eigenvalue weighted by Gasteiger charge is -1.85. The van der Waals surface area contributed by atoms with Gasteiger partial charge in [-0.15, -0.1) is 0 Å². The number of rotatable bonds is 0. The molecule has 0 saturated heterocycles. The van der Waals surface area contributed by atoms with Gasteiger partial charge in [-0.05, 0) is 12.1 Å². The topological polar surface area (TPSA) is 66.2 Å². The fourth-order valence-electron chi connectivity index (χ4n) is 0.439. The van der Waals surface area contributed by atoms with E-state index in [4.69, 9.17) is 8.76 Å². The first-order chi connectivity index (χ1) is 5.54. The van der Waals surface area contributed by atoms with Crippen LogP contribution in [0.15, 0.2) is 24.3 Å². The first-order valence-electron chi connectivity index (χ1n) is 2.77. The molecule has 0 aromatic heterocycles. The highest BCUT2D eigenvalue weighted by Crippen LogP contribution is 2.01. The molecule has 0 fully saturated rings. The average Bonchev–Trinajstić information content (AvgIpc) is 1.94. The molecule has 0 spiro atoms. The second kappa shape index (κ2) is 5.76. The van der Waals surface area contributed by atoms with Crippen LogP contribution in [0.4, 0.5) is 8.78 Å². The summed E-state index contributed by atoms with van der Waals surface area (Å²) in [5.74, 6) is -1.60. The van der Waals surface area contributed by atoms with Crippen molar-refractivity contribution in [3.63, 3.8) is 0 Å². The van der Waals surface area contributed by atoms with Crippen molar-refractivity contribution in [1.82, 2.24) is 0 Å². The van der Waals surface area contributed by atoms with Gasteiger partial charge in [0.25, 0.3) is 0 Å². The Morgan fingerprint density at radius 1 is 1.25 bits per heavy atom. The normalized spacial score (nSPS) is 11.3. The van der Waals surface area contributed by atoms with E-state index in [1.54, 1.807) is 0 Å². The minimum absolute atomic E-state index is 0.799. The van der Waals surface area contributed by atoms with Crippen molar-refractivity contribution in [3.05, 3.63) is 35.9 Å². The van der Waals surface area contributed by atoms with Gasteiger partial charge in [-0.1, -0.05) is 12.1 Å². The highest BCUT2D eigenvalue weighted by atomic mass is 32.2. The molecular weight excluding hydrogens is 188 g/mol. The third-order valence-corrected chi connectivity index (χ3v) is 0.824. The van der Waals surface area contributed by atoms with Crippen LogP contribution in [0.25, 0.3) is 0 Å². The Hall–Kier alpha value is -0.850. The van der Waals surface area contributed by atoms with Gasteiger partial charge in [-0.2, -0.15) is 0 Å². The summed E-state index contributed by atoms with van der Waals surface area (Å²) in [7, 11) is 0. The molecule has 2 N–H and O–H groups in total. The number of hydrogen-bond acceptors (Lipinski definition) is 2. The Balaban J connectivity index is 0.000000261. The Morgan fingerprint density at radius 2 is 1.50 bits per heavy atom. The number of benzene rings is 1. The summed E-state index contributed by atoms with van der Waals surface area (Å²) in [6, 6.07) is 5.04. The SMILES string of the molecule is Fc1ccccc1F.NS(=O)[O-]. The molecule has 0 aliphatic rings. The summed E-state index contributed by atoms with van der Waals surface area (Å²) in [6.45, 7) is 0. The molecular formula is C6H6F2NO2S-. The van der Waals surface area contributed by atoms with Gasteiger partial charge in [-0.25, -0.2) is 8.78 Å². The van der Waals surface area contributed by atoms with Crippen molar-refractivity contribution in [2.45, 2.75) is 0 Å². The molecule has 1 aromatic rings. The predicted octanol–water partition coefficient (Wildman–Crippen LogP) is 0.704. The highest BCUT2D eigenvalue weighted by molar-refractivity contribution is 7.76. The summed E-state index contributed by atoms with van der Waals surface area (Å²) >= 11 is -2.36. The highest BCUT2D eigenvalue weighted by Gasteiger charge is 1.93. The molecule has 0 heterocycles. The molecule has 3 nitrogen and oxygen atoms in total. The van der Waals surface area contributed by atoms with Gasteiger partial charge < -0.3 is 4.55 Å². The van der Waals surface area contributed by atoms with Gasteiger partial charge in [0.1, 0.15) is 0 Å². The van der Waals surface area contributed by atoms with E-state index in [1.807, 2.05) is 0 Å². The van der Waals surface area contributed by atoms with Gasteiger partial charge in [0.2, 0.25) is 0 Å². The largest absolute Gasteiger partial charge is 0.760 e. The fraction of sp³-hybridized carbons (Fsp3) is 0. The van der Waals surface area contributed by atoms with Crippen molar-refractivity contribution in [2.75, 3.05) is 0 Å². The van der Waals surface area contributed by atoms with Crippen molar-refractivity contribution < 1.29 is 17.5 Å². The molecule has 12 heavy (non-hydrogen) atoms. The lowest BCUT2D eigenvalue weighted by atomic mass is 10.3. The maximum atomic E-state index is 11.9. The zero-order valence-corrected chi connectivity index (χ0v) is 6.68. The van der Waals surface area contributed by atoms with Crippen LogP contribution in [-0.2, 0) is 11.3 Å². The van der Waals surface area contributed by atoms with Crippen LogP contribution >= 0.6 is 0 Å². The summed E-state index contributed by atoms with van der Waals surface area (Å²) in [6.07, 6.45) is 0. The quantitative estimate of drug-likeness (QED) is 0.618. The second-order valence-corrected chi connectivity index (χ2v) is 2.20. The van der Waals surface area contributed by atoms with Gasteiger partial charge >= 0.3 is 0 Å². The van der Waals surface area contributed by atoms with Crippen molar-refractivity contribution >= 4 is 11.3 Å². The third-order valence-electron chi connectivity index (χ3n) is 0.824. The Morgan fingerprint density at radius 3 is 1.67 bits per heavy atom. The summed E-state index contributed by atoms with van der Waals surface area (Å²) in [5.41, 5.74) is 0. The van der Waals surface area contributed by atoms with E-state index in [0.29, 0.717) is 0 Å². The Bertz CT molecular complexity index is 244. The van der Waals surface area contributed by atoms with Crippen molar-refractivity contribution in [1.29, 1.82) is 0 Å². The molecule has 68 valence electrons. The van der Waals surface area contributed by atoms with E-state index in [9.17, 15) is 8.78 Å². The molecule has 0 aliphatic heterocycles. The van der Waals surface area contributed by atoms with Crippen LogP contribution < -0.4 is 5.14 Å². The molecule has 6 heteroatoms. The maximum absolute atomic E-state index is 11.9. The van der Waals surface area contributed by atoms with Gasteiger partial charge in [0.05, 0.1) is 0 Å². The van der Waals surface area contributed by atoms with Crippen LogP contribution in [0.5, 0.6) is 0 Å².